The van der Waals surface area contributed by atoms with Crippen LogP contribution in [0.4, 0.5) is 19.3 Å². The maximum atomic E-state index is 13.3. The van der Waals surface area contributed by atoms with Gasteiger partial charge in [0.1, 0.15) is 0 Å². The maximum absolute atomic E-state index is 13.3. The highest BCUT2D eigenvalue weighted by atomic mass is 32.2. The van der Waals surface area contributed by atoms with Gasteiger partial charge in [-0.15, -0.1) is 0 Å². The van der Waals surface area contributed by atoms with Crippen LogP contribution in [0, 0.1) is 11.8 Å². The lowest BCUT2D eigenvalue weighted by atomic mass is 10.0. The number of nitrogens with one attached hydrogen (secondary N) is 1. The van der Waals surface area contributed by atoms with Gasteiger partial charge < -0.3 is 10.2 Å². The molecule has 126 valence electrons. The number of fused-ring (bicyclic) bond motifs is 1. The van der Waals surface area contributed by atoms with Gasteiger partial charge in [0.15, 0.2) is 9.84 Å². The van der Waals surface area contributed by atoms with Gasteiger partial charge in [0, 0.05) is 31.3 Å². The van der Waals surface area contributed by atoms with Gasteiger partial charge in [0.05, 0.1) is 11.5 Å². The monoisotopic (exact) mass is 344 g/mol. The zero-order valence-corrected chi connectivity index (χ0v) is 13.4. The molecule has 2 aliphatic heterocycles. The number of hydrogen-bond donors (Lipinski definition) is 1. The molecule has 0 spiro atoms. The molecule has 3 rings (SSSR count). The van der Waals surface area contributed by atoms with Crippen LogP contribution in [-0.2, 0) is 15.8 Å². The largest absolute Gasteiger partial charge is 0.324 e. The number of urea groups is 1. The molecule has 0 aliphatic carbocycles. The fourth-order valence-electron chi connectivity index (χ4n) is 3.28. The summed E-state index contributed by atoms with van der Waals surface area (Å²) in [6.45, 7) is 1.58. The Labute approximate surface area is 133 Å². The number of amides is 2. The van der Waals surface area contributed by atoms with Crippen LogP contribution in [0.2, 0.25) is 0 Å². The van der Waals surface area contributed by atoms with E-state index in [-0.39, 0.29) is 34.9 Å². The van der Waals surface area contributed by atoms with Crippen molar-refractivity contribution in [3.63, 3.8) is 0 Å². The van der Waals surface area contributed by atoms with Crippen LogP contribution in [0.5, 0.6) is 0 Å². The first-order chi connectivity index (χ1) is 10.6. The molecule has 0 bridgehead atoms. The highest BCUT2D eigenvalue weighted by Gasteiger charge is 2.44. The molecule has 2 amide bonds. The zero-order valence-electron chi connectivity index (χ0n) is 12.6. The predicted molar refractivity (Wildman–Crippen MR) is 82.2 cm³/mol. The van der Waals surface area contributed by atoms with E-state index in [0.717, 1.165) is 6.92 Å². The summed E-state index contributed by atoms with van der Waals surface area (Å²) in [5.41, 5.74) is 0.137. The van der Waals surface area contributed by atoms with Crippen LogP contribution in [0.1, 0.15) is 12.5 Å². The van der Waals surface area contributed by atoms with Crippen molar-refractivity contribution in [3.05, 3.63) is 29.8 Å². The fourth-order valence-corrected chi connectivity index (χ4v) is 5.47. The zero-order chi connectivity index (χ0) is 16.8. The molecule has 2 atom stereocenters. The maximum Gasteiger partial charge on any atom is 0.321 e. The van der Waals surface area contributed by atoms with Gasteiger partial charge >= 0.3 is 6.03 Å². The number of carbonyl (C=O) groups excluding carboxylic acids is 1. The van der Waals surface area contributed by atoms with Gasteiger partial charge in [-0.25, -0.2) is 22.0 Å². The second kappa shape index (κ2) is 5.43. The van der Waals surface area contributed by atoms with Crippen molar-refractivity contribution in [1.29, 1.82) is 0 Å². The molecular formula is C15H18F2N2O3S. The van der Waals surface area contributed by atoms with Crippen LogP contribution in [0.15, 0.2) is 24.3 Å². The number of rotatable bonds is 2. The average Bonchev–Trinajstić information content (AvgIpc) is 2.91. The molecule has 1 N–H and O–H groups in total. The van der Waals surface area contributed by atoms with Crippen LogP contribution in [0.25, 0.3) is 0 Å². The molecule has 2 saturated heterocycles. The molecule has 0 saturated carbocycles. The third-order valence-corrected chi connectivity index (χ3v) is 6.29. The van der Waals surface area contributed by atoms with E-state index in [1.54, 1.807) is 11.0 Å². The summed E-state index contributed by atoms with van der Waals surface area (Å²) in [5.74, 6) is -2.76. The Morgan fingerprint density at radius 2 is 1.87 bits per heavy atom. The van der Waals surface area contributed by atoms with Crippen molar-refractivity contribution in [1.82, 2.24) is 4.90 Å². The van der Waals surface area contributed by atoms with Crippen molar-refractivity contribution in [2.45, 2.75) is 12.8 Å². The number of carbonyl (C=O) groups is 1. The van der Waals surface area contributed by atoms with Crippen LogP contribution >= 0.6 is 0 Å². The van der Waals surface area contributed by atoms with E-state index < -0.39 is 15.8 Å². The highest BCUT2D eigenvalue weighted by Crippen LogP contribution is 2.33. The standard InChI is InChI=1S/C15H18F2N2O3S/c1-15(16,17)12-3-2-4-13(5-12)18-14(20)19-6-10-8-23(21,22)9-11(10)7-19/h2-5,10-11H,6-9H2,1H3,(H,18,20)/t10-,11+. The summed E-state index contributed by atoms with van der Waals surface area (Å²) in [4.78, 5) is 13.8. The van der Waals surface area contributed by atoms with Gasteiger partial charge in [0.2, 0.25) is 0 Å². The molecule has 2 aliphatic rings. The van der Waals surface area contributed by atoms with Crippen LogP contribution in [0.3, 0.4) is 0 Å². The molecule has 5 nitrogen and oxygen atoms in total. The summed E-state index contributed by atoms with van der Waals surface area (Å²) in [6.07, 6.45) is 0. The lowest BCUT2D eigenvalue weighted by Gasteiger charge is -2.19. The summed E-state index contributed by atoms with van der Waals surface area (Å²) in [5, 5.41) is 2.61. The van der Waals surface area contributed by atoms with E-state index in [4.69, 9.17) is 0 Å². The van der Waals surface area contributed by atoms with Gasteiger partial charge in [-0.3, -0.25) is 0 Å². The Morgan fingerprint density at radius 1 is 1.26 bits per heavy atom. The number of benzene rings is 1. The first kappa shape index (κ1) is 16.2. The Balaban J connectivity index is 1.65. The normalized spacial score (nSPS) is 26.1. The summed E-state index contributed by atoms with van der Waals surface area (Å²) in [6, 6.07) is 5.19. The van der Waals surface area contributed by atoms with E-state index in [2.05, 4.69) is 5.32 Å². The average molecular weight is 344 g/mol. The Hall–Kier alpha value is -1.70. The third-order valence-electron chi connectivity index (χ3n) is 4.42. The van der Waals surface area contributed by atoms with Gasteiger partial charge in [-0.05, 0) is 24.0 Å². The molecular weight excluding hydrogens is 326 g/mol. The first-order valence-electron chi connectivity index (χ1n) is 7.39. The molecule has 1 aromatic rings. The lowest BCUT2D eigenvalue weighted by Crippen LogP contribution is -2.34. The minimum atomic E-state index is -2.98. The summed E-state index contributed by atoms with van der Waals surface area (Å²) < 4.78 is 49.7. The van der Waals surface area contributed by atoms with E-state index >= 15 is 0 Å². The van der Waals surface area contributed by atoms with Crippen molar-refractivity contribution in [3.8, 4) is 0 Å². The number of alkyl halides is 2. The highest BCUT2D eigenvalue weighted by molar-refractivity contribution is 7.91. The number of hydrogen-bond acceptors (Lipinski definition) is 3. The number of sulfone groups is 1. The van der Waals surface area contributed by atoms with Gasteiger partial charge in [-0.1, -0.05) is 12.1 Å². The molecule has 23 heavy (non-hydrogen) atoms. The van der Waals surface area contributed by atoms with Crippen LogP contribution in [-0.4, -0.2) is 43.9 Å². The second-order valence-corrected chi connectivity index (χ2v) is 8.56. The molecule has 0 aromatic heterocycles. The minimum absolute atomic E-state index is 0.0166. The second-order valence-electron chi connectivity index (χ2n) is 6.40. The SMILES string of the molecule is CC(F)(F)c1cccc(NC(=O)N2C[C@@H]3CS(=O)(=O)C[C@@H]3C2)c1. The van der Waals surface area contributed by atoms with Gasteiger partial charge in [0.25, 0.3) is 5.92 Å². The van der Waals surface area contributed by atoms with Crippen molar-refractivity contribution in [2.75, 3.05) is 29.9 Å². The number of halogens is 2. The molecule has 1 aromatic carbocycles. The smallest absolute Gasteiger partial charge is 0.321 e. The third kappa shape index (κ3) is 3.46. The molecule has 0 radical (unpaired) electrons. The van der Waals surface area contributed by atoms with E-state index in [0.29, 0.717) is 18.8 Å². The fraction of sp³-hybridized carbons (Fsp3) is 0.533. The van der Waals surface area contributed by atoms with E-state index in [9.17, 15) is 22.0 Å². The number of likely N-dealkylation sites (tertiary alicyclic amines) is 1. The van der Waals surface area contributed by atoms with Gasteiger partial charge in [-0.2, -0.15) is 0 Å². The van der Waals surface area contributed by atoms with Crippen molar-refractivity contribution < 1.29 is 22.0 Å². The number of nitrogens with zero attached hydrogens (tertiary/aromatic N) is 1. The Bertz CT molecular complexity index is 710. The Kier molecular flexibility index (Phi) is 3.82. The van der Waals surface area contributed by atoms with E-state index in [1.165, 1.54) is 18.2 Å². The quantitative estimate of drug-likeness (QED) is 0.895. The summed E-state index contributed by atoms with van der Waals surface area (Å²) >= 11 is 0. The lowest BCUT2D eigenvalue weighted by molar-refractivity contribution is 0.0175. The van der Waals surface area contributed by atoms with E-state index in [1.807, 2.05) is 0 Å². The summed E-state index contributed by atoms with van der Waals surface area (Å²) in [7, 11) is -2.98. The minimum Gasteiger partial charge on any atom is -0.324 e. The van der Waals surface area contributed by atoms with Crippen LogP contribution < -0.4 is 5.32 Å². The van der Waals surface area contributed by atoms with Crippen molar-refractivity contribution >= 4 is 21.6 Å². The predicted octanol–water partition coefficient (Wildman–Crippen LogP) is 2.31. The number of anilines is 1. The first-order valence-corrected chi connectivity index (χ1v) is 9.21. The Morgan fingerprint density at radius 3 is 2.43 bits per heavy atom. The molecule has 8 heteroatoms. The molecule has 0 unspecified atom stereocenters. The molecule has 2 fully saturated rings. The van der Waals surface area contributed by atoms with Crippen molar-refractivity contribution in [2.24, 2.45) is 11.8 Å². The molecule has 2 heterocycles. The topological polar surface area (TPSA) is 66.5 Å².